The van der Waals surface area contributed by atoms with Gasteiger partial charge in [-0.25, -0.2) is 0 Å². The van der Waals surface area contributed by atoms with Crippen LogP contribution in [0.3, 0.4) is 0 Å². The molecule has 3 aromatic carbocycles. The largest absolute Gasteiger partial charge is 0.384 e. The second-order valence-corrected chi connectivity index (χ2v) is 8.94. The van der Waals surface area contributed by atoms with E-state index in [0.717, 1.165) is 17.5 Å². The number of nitrogens with two attached hydrogens (primary N) is 1. The Labute approximate surface area is 173 Å². The molecule has 3 N–H and O–H groups in total. The molecule has 1 fully saturated rings. The minimum absolute atomic E-state index is 0.127. The molecule has 3 atom stereocenters. The van der Waals surface area contributed by atoms with E-state index >= 15 is 0 Å². The number of benzene rings is 3. The Bertz CT molecular complexity index is 1100. The molecule has 0 saturated heterocycles. The van der Waals surface area contributed by atoms with Gasteiger partial charge in [0.25, 0.3) is 0 Å². The molecular formula is C26H29N3. The molecule has 148 valence electrons. The van der Waals surface area contributed by atoms with Gasteiger partial charge in [-0.2, -0.15) is 0 Å². The maximum atomic E-state index is 7.63. The number of nitrogens with zero attached hydrogens (tertiary/aromatic N) is 1. The van der Waals surface area contributed by atoms with E-state index in [9.17, 15) is 0 Å². The predicted octanol–water partition coefficient (Wildman–Crippen LogP) is 5.33. The van der Waals surface area contributed by atoms with Crippen LogP contribution < -0.4 is 5.73 Å². The van der Waals surface area contributed by atoms with Crippen molar-refractivity contribution < 1.29 is 0 Å². The van der Waals surface area contributed by atoms with Gasteiger partial charge in [0, 0.05) is 18.7 Å². The summed E-state index contributed by atoms with van der Waals surface area (Å²) in [4.78, 5) is 2.45. The topological polar surface area (TPSA) is 53.1 Å². The lowest BCUT2D eigenvalue weighted by Crippen LogP contribution is -2.30. The Balaban J connectivity index is 1.41. The molecule has 3 unspecified atom stereocenters. The number of nitrogen functional groups attached to an aromatic ring is 1. The van der Waals surface area contributed by atoms with Gasteiger partial charge in [-0.05, 0) is 76.7 Å². The second kappa shape index (κ2) is 7.00. The number of amidine groups is 1. The molecule has 1 aliphatic heterocycles. The number of nitrogens with one attached hydrogen (secondary N) is 1. The van der Waals surface area contributed by atoms with E-state index in [1.165, 1.54) is 41.5 Å². The molecule has 29 heavy (non-hydrogen) atoms. The lowest BCUT2D eigenvalue weighted by atomic mass is 9.86. The van der Waals surface area contributed by atoms with E-state index in [0.29, 0.717) is 17.8 Å². The first kappa shape index (κ1) is 18.4. The molecule has 1 aliphatic carbocycles. The standard InChI is InChI=1S/C26H29N3/c1-3-16-14-29(2)15-22-9-7-20(12-23(16)22)25-13-24(25)19-6-4-18-11-21(26(27)28)8-5-17(18)10-19/h4-12,16,24-25H,3,13-15H2,1-2H3,(H3,27,28). The van der Waals surface area contributed by atoms with Crippen LogP contribution in [0.4, 0.5) is 0 Å². The first-order chi connectivity index (χ1) is 14.0. The Morgan fingerprint density at radius 1 is 1.00 bits per heavy atom. The molecule has 0 amide bonds. The van der Waals surface area contributed by atoms with Crippen molar-refractivity contribution in [2.24, 2.45) is 5.73 Å². The summed E-state index contributed by atoms with van der Waals surface area (Å²) in [6, 6.07) is 20.1. The van der Waals surface area contributed by atoms with Crippen LogP contribution in [0.2, 0.25) is 0 Å². The SMILES string of the molecule is CCC1CN(C)Cc2ccc(C3CC3c3ccc4cc(C(=N)N)ccc4c3)cc21. The smallest absolute Gasteiger partial charge is 0.122 e. The number of hydrogen-bond donors (Lipinski definition) is 2. The minimum Gasteiger partial charge on any atom is -0.384 e. The van der Waals surface area contributed by atoms with E-state index in [1.807, 2.05) is 12.1 Å². The number of rotatable bonds is 4. The van der Waals surface area contributed by atoms with E-state index in [1.54, 1.807) is 5.56 Å². The second-order valence-electron chi connectivity index (χ2n) is 8.94. The molecule has 3 nitrogen and oxygen atoms in total. The number of fused-ring (bicyclic) bond motifs is 2. The summed E-state index contributed by atoms with van der Waals surface area (Å²) in [5.41, 5.74) is 12.5. The van der Waals surface area contributed by atoms with Crippen molar-refractivity contribution in [3.05, 3.63) is 82.4 Å². The van der Waals surface area contributed by atoms with Crippen molar-refractivity contribution in [1.29, 1.82) is 5.41 Å². The zero-order chi connectivity index (χ0) is 20.1. The summed E-state index contributed by atoms with van der Waals surface area (Å²) in [6.45, 7) is 4.56. The minimum atomic E-state index is 0.127. The summed E-state index contributed by atoms with van der Waals surface area (Å²) in [5, 5.41) is 10.0. The highest BCUT2D eigenvalue weighted by Gasteiger charge is 2.40. The van der Waals surface area contributed by atoms with Gasteiger partial charge >= 0.3 is 0 Å². The molecule has 1 heterocycles. The first-order valence-corrected chi connectivity index (χ1v) is 10.7. The van der Waals surface area contributed by atoms with Gasteiger partial charge in [-0.1, -0.05) is 55.5 Å². The summed E-state index contributed by atoms with van der Waals surface area (Å²) < 4.78 is 0. The van der Waals surface area contributed by atoms with Gasteiger partial charge < -0.3 is 10.6 Å². The highest BCUT2D eigenvalue weighted by molar-refractivity contribution is 5.99. The lowest BCUT2D eigenvalue weighted by Gasteiger charge is -2.32. The molecule has 2 aliphatic rings. The van der Waals surface area contributed by atoms with E-state index < -0.39 is 0 Å². The first-order valence-electron chi connectivity index (χ1n) is 10.7. The summed E-state index contributed by atoms with van der Waals surface area (Å²) >= 11 is 0. The Kier molecular flexibility index (Phi) is 4.44. The van der Waals surface area contributed by atoms with Gasteiger partial charge in [0.1, 0.15) is 5.84 Å². The van der Waals surface area contributed by atoms with Gasteiger partial charge in [0.15, 0.2) is 0 Å². The van der Waals surface area contributed by atoms with E-state index in [4.69, 9.17) is 11.1 Å². The third-order valence-electron chi connectivity index (χ3n) is 6.90. The monoisotopic (exact) mass is 383 g/mol. The number of hydrogen-bond acceptors (Lipinski definition) is 2. The van der Waals surface area contributed by atoms with Crippen LogP contribution in [0.5, 0.6) is 0 Å². The molecule has 0 spiro atoms. The summed E-state index contributed by atoms with van der Waals surface area (Å²) in [6.07, 6.45) is 2.45. The fourth-order valence-corrected chi connectivity index (χ4v) is 5.14. The third kappa shape index (κ3) is 3.34. The van der Waals surface area contributed by atoms with Crippen molar-refractivity contribution in [3.63, 3.8) is 0 Å². The molecule has 3 heteroatoms. The fourth-order valence-electron chi connectivity index (χ4n) is 5.14. The Morgan fingerprint density at radius 3 is 2.45 bits per heavy atom. The van der Waals surface area contributed by atoms with Crippen molar-refractivity contribution in [2.75, 3.05) is 13.6 Å². The number of likely N-dealkylation sites (N-methyl/N-ethyl adjacent to an activating group) is 1. The fraction of sp³-hybridized carbons (Fsp3) is 0.346. The van der Waals surface area contributed by atoms with E-state index in [2.05, 4.69) is 61.3 Å². The zero-order valence-electron chi connectivity index (χ0n) is 17.3. The highest BCUT2D eigenvalue weighted by atomic mass is 15.1. The molecule has 3 aromatic rings. The van der Waals surface area contributed by atoms with Crippen LogP contribution in [0.1, 0.15) is 65.3 Å². The lowest BCUT2D eigenvalue weighted by molar-refractivity contribution is 0.277. The van der Waals surface area contributed by atoms with Crippen LogP contribution in [-0.2, 0) is 6.54 Å². The molecule has 5 rings (SSSR count). The highest BCUT2D eigenvalue weighted by Crippen LogP contribution is 2.55. The molecule has 0 aromatic heterocycles. The van der Waals surface area contributed by atoms with Crippen molar-refractivity contribution in [3.8, 4) is 0 Å². The predicted molar refractivity (Wildman–Crippen MR) is 121 cm³/mol. The van der Waals surface area contributed by atoms with Gasteiger partial charge in [-0.15, -0.1) is 0 Å². The normalized spacial score (nSPS) is 23.7. The van der Waals surface area contributed by atoms with Gasteiger partial charge in [-0.3, -0.25) is 5.41 Å². The average Bonchev–Trinajstić information content (AvgIpc) is 3.53. The van der Waals surface area contributed by atoms with Crippen molar-refractivity contribution in [1.82, 2.24) is 4.90 Å². The third-order valence-corrected chi connectivity index (χ3v) is 6.90. The summed E-state index contributed by atoms with van der Waals surface area (Å²) in [5.74, 6) is 2.06. The van der Waals surface area contributed by atoms with Crippen LogP contribution in [0.25, 0.3) is 10.8 Å². The summed E-state index contributed by atoms with van der Waals surface area (Å²) in [7, 11) is 2.23. The molecular weight excluding hydrogens is 354 g/mol. The molecule has 0 bridgehead atoms. The maximum absolute atomic E-state index is 7.63. The maximum Gasteiger partial charge on any atom is 0.122 e. The Hall–Kier alpha value is -2.65. The van der Waals surface area contributed by atoms with Crippen LogP contribution in [0.15, 0.2) is 54.6 Å². The van der Waals surface area contributed by atoms with Crippen LogP contribution in [0, 0.1) is 5.41 Å². The van der Waals surface area contributed by atoms with E-state index in [-0.39, 0.29) is 5.84 Å². The quantitative estimate of drug-likeness (QED) is 0.472. The zero-order valence-corrected chi connectivity index (χ0v) is 17.3. The van der Waals surface area contributed by atoms with Crippen LogP contribution >= 0.6 is 0 Å². The van der Waals surface area contributed by atoms with Crippen molar-refractivity contribution in [2.45, 2.75) is 44.1 Å². The molecule has 0 radical (unpaired) electrons. The van der Waals surface area contributed by atoms with Crippen molar-refractivity contribution >= 4 is 16.6 Å². The Morgan fingerprint density at radius 2 is 1.69 bits per heavy atom. The van der Waals surface area contributed by atoms with Gasteiger partial charge in [0.05, 0.1) is 0 Å². The van der Waals surface area contributed by atoms with Crippen LogP contribution in [-0.4, -0.2) is 24.3 Å². The van der Waals surface area contributed by atoms with Gasteiger partial charge in [0.2, 0.25) is 0 Å². The average molecular weight is 384 g/mol. The molecule has 1 saturated carbocycles.